The van der Waals surface area contributed by atoms with Crippen LogP contribution in [0.15, 0.2) is 52.5 Å². The largest absolute Gasteiger partial charge is 0.507 e. The normalized spacial score (nSPS) is 17.9. The molecule has 1 atom stereocenters. The van der Waals surface area contributed by atoms with Gasteiger partial charge in [-0.2, -0.15) is 0 Å². The first-order chi connectivity index (χ1) is 15.2. The molecular formula is C25H28BrNO5. The number of ether oxygens (including phenoxy) is 2. The molecule has 2 aromatic carbocycles. The molecule has 0 bridgehead atoms. The third kappa shape index (κ3) is 5.05. The van der Waals surface area contributed by atoms with Crippen molar-refractivity contribution >= 4 is 33.4 Å². The van der Waals surface area contributed by atoms with Crippen LogP contribution in [0.5, 0.6) is 5.75 Å². The zero-order chi connectivity index (χ0) is 23.4. The summed E-state index contributed by atoms with van der Waals surface area (Å²) < 4.78 is 11.7. The highest BCUT2D eigenvalue weighted by Gasteiger charge is 2.45. The fourth-order valence-electron chi connectivity index (χ4n) is 3.78. The third-order valence-electron chi connectivity index (χ3n) is 5.29. The van der Waals surface area contributed by atoms with Crippen molar-refractivity contribution in [3.8, 4) is 5.75 Å². The van der Waals surface area contributed by atoms with Gasteiger partial charge < -0.3 is 19.5 Å². The maximum Gasteiger partial charge on any atom is 0.295 e. The van der Waals surface area contributed by atoms with E-state index in [4.69, 9.17) is 9.47 Å². The van der Waals surface area contributed by atoms with Crippen molar-refractivity contribution in [1.29, 1.82) is 0 Å². The molecule has 1 heterocycles. The SMILES string of the molecule is COCCCN1C(=O)C(=O)/C(=C(\O)c2ccc(Br)c(C)c2)C1c1ccc(OC(C)C)cc1. The van der Waals surface area contributed by atoms with Gasteiger partial charge in [-0.25, -0.2) is 0 Å². The van der Waals surface area contributed by atoms with E-state index < -0.39 is 17.7 Å². The number of aliphatic hydroxyl groups excluding tert-OH is 1. The first-order valence-electron chi connectivity index (χ1n) is 10.5. The number of carbonyl (C=O) groups excluding carboxylic acids is 2. The molecule has 170 valence electrons. The van der Waals surface area contributed by atoms with Crippen molar-refractivity contribution in [1.82, 2.24) is 4.90 Å². The number of benzene rings is 2. The predicted octanol–water partition coefficient (Wildman–Crippen LogP) is 5.00. The molecule has 1 N–H and O–H groups in total. The molecule has 1 amide bonds. The van der Waals surface area contributed by atoms with Gasteiger partial charge in [-0.1, -0.05) is 34.1 Å². The summed E-state index contributed by atoms with van der Waals surface area (Å²) in [5.74, 6) is -0.790. The van der Waals surface area contributed by atoms with Gasteiger partial charge in [0.05, 0.1) is 17.7 Å². The fraction of sp³-hybridized carbons (Fsp3) is 0.360. The van der Waals surface area contributed by atoms with Crippen molar-refractivity contribution in [2.45, 2.75) is 39.3 Å². The van der Waals surface area contributed by atoms with E-state index in [1.165, 1.54) is 4.90 Å². The number of aliphatic hydroxyl groups is 1. The third-order valence-corrected chi connectivity index (χ3v) is 6.18. The van der Waals surface area contributed by atoms with Gasteiger partial charge in [0.25, 0.3) is 11.7 Å². The highest BCUT2D eigenvalue weighted by molar-refractivity contribution is 9.10. The summed E-state index contributed by atoms with van der Waals surface area (Å²) in [6, 6.07) is 11.9. The number of Topliss-reactive ketones (excluding diaryl/α,β-unsaturated/α-hetero) is 1. The monoisotopic (exact) mass is 501 g/mol. The Hall–Kier alpha value is -2.64. The summed E-state index contributed by atoms with van der Waals surface area (Å²) in [6.45, 7) is 6.58. The average molecular weight is 502 g/mol. The van der Waals surface area contributed by atoms with Gasteiger partial charge in [0.15, 0.2) is 0 Å². The Balaban J connectivity index is 2.09. The number of halogens is 1. The number of carbonyl (C=O) groups is 2. The number of methoxy groups -OCH3 is 1. The molecule has 1 aliphatic rings. The molecule has 0 spiro atoms. The van der Waals surface area contributed by atoms with Gasteiger partial charge in [0.1, 0.15) is 11.5 Å². The molecule has 1 saturated heterocycles. The molecule has 0 aliphatic carbocycles. The van der Waals surface area contributed by atoms with Crippen LogP contribution in [0.25, 0.3) is 5.76 Å². The molecule has 7 heteroatoms. The Morgan fingerprint density at radius 2 is 1.84 bits per heavy atom. The molecule has 0 radical (unpaired) electrons. The Kier molecular flexibility index (Phi) is 7.74. The summed E-state index contributed by atoms with van der Waals surface area (Å²) in [5.41, 5.74) is 2.22. The van der Waals surface area contributed by atoms with Gasteiger partial charge in [-0.05, 0) is 62.6 Å². The first kappa shape index (κ1) is 24.0. The molecule has 2 aromatic rings. The van der Waals surface area contributed by atoms with Crippen LogP contribution in [0.2, 0.25) is 0 Å². The van der Waals surface area contributed by atoms with Crippen molar-refractivity contribution in [2.24, 2.45) is 0 Å². The number of nitrogens with zero attached hydrogens (tertiary/aromatic N) is 1. The van der Waals surface area contributed by atoms with Crippen molar-refractivity contribution in [3.63, 3.8) is 0 Å². The lowest BCUT2D eigenvalue weighted by Gasteiger charge is -2.25. The number of aryl methyl sites for hydroxylation is 1. The molecule has 0 aromatic heterocycles. The van der Waals surface area contributed by atoms with Crippen LogP contribution >= 0.6 is 15.9 Å². The number of ketones is 1. The van der Waals surface area contributed by atoms with Crippen LogP contribution in [-0.2, 0) is 14.3 Å². The average Bonchev–Trinajstić information content (AvgIpc) is 3.00. The zero-order valence-corrected chi connectivity index (χ0v) is 20.3. The lowest BCUT2D eigenvalue weighted by Crippen LogP contribution is -2.31. The highest BCUT2D eigenvalue weighted by atomic mass is 79.9. The van der Waals surface area contributed by atoms with E-state index in [-0.39, 0.29) is 17.4 Å². The second-order valence-corrected chi connectivity index (χ2v) is 8.89. The smallest absolute Gasteiger partial charge is 0.295 e. The molecular weight excluding hydrogens is 474 g/mol. The Morgan fingerprint density at radius 3 is 2.44 bits per heavy atom. The van der Waals surface area contributed by atoms with Crippen LogP contribution in [0.1, 0.15) is 43.0 Å². The standard InChI is InChI=1S/C25H28BrNO5/c1-15(2)32-19-9-6-17(7-10-19)22-21(23(28)18-8-11-20(26)16(3)14-18)24(29)25(30)27(22)12-5-13-31-4/h6-11,14-15,22,28H,5,12-13H2,1-4H3/b23-21-. The van der Waals surface area contributed by atoms with E-state index >= 15 is 0 Å². The van der Waals surface area contributed by atoms with Crippen LogP contribution in [-0.4, -0.2) is 48.1 Å². The van der Waals surface area contributed by atoms with E-state index in [1.54, 1.807) is 19.2 Å². The lowest BCUT2D eigenvalue weighted by atomic mass is 9.94. The molecule has 32 heavy (non-hydrogen) atoms. The summed E-state index contributed by atoms with van der Waals surface area (Å²) in [7, 11) is 1.59. The van der Waals surface area contributed by atoms with Crippen LogP contribution in [0, 0.1) is 6.92 Å². The molecule has 6 nitrogen and oxygen atoms in total. The number of likely N-dealkylation sites (tertiary alicyclic amines) is 1. The summed E-state index contributed by atoms with van der Waals surface area (Å²) in [5, 5.41) is 11.1. The Morgan fingerprint density at radius 1 is 1.16 bits per heavy atom. The molecule has 3 rings (SSSR count). The van der Waals surface area contributed by atoms with Crippen LogP contribution < -0.4 is 4.74 Å². The number of amides is 1. The lowest BCUT2D eigenvalue weighted by molar-refractivity contribution is -0.140. The quantitative estimate of drug-likeness (QED) is 0.238. The zero-order valence-electron chi connectivity index (χ0n) is 18.7. The van der Waals surface area contributed by atoms with Crippen molar-refractivity contribution in [2.75, 3.05) is 20.3 Å². The molecule has 1 fully saturated rings. The summed E-state index contributed by atoms with van der Waals surface area (Å²) in [4.78, 5) is 27.5. The van der Waals surface area contributed by atoms with Gasteiger partial charge in [0.2, 0.25) is 0 Å². The second-order valence-electron chi connectivity index (χ2n) is 8.04. The number of hydrogen-bond donors (Lipinski definition) is 1. The van der Waals surface area contributed by atoms with E-state index in [9.17, 15) is 14.7 Å². The minimum absolute atomic E-state index is 0.0289. The summed E-state index contributed by atoms with van der Waals surface area (Å²) in [6.07, 6.45) is 0.604. The molecule has 1 aliphatic heterocycles. The van der Waals surface area contributed by atoms with Crippen LogP contribution in [0.4, 0.5) is 0 Å². The van der Waals surface area contributed by atoms with E-state index in [0.29, 0.717) is 30.9 Å². The maximum absolute atomic E-state index is 13.0. The van der Waals surface area contributed by atoms with Crippen molar-refractivity contribution < 1.29 is 24.2 Å². The van der Waals surface area contributed by atoms with E-state index in [1.807, 2.05) is 51.1 Å². The highest BCUT2D eigenvalue weighted by Crippen LogP contribution is 2.40. The number of hydrogen-bond acceptors (Lipinski definition) is 5. The Labute approximate surface area is 197 Å². The van der Waals surface area contributed by atoms with Gasteiger partial charge >= 0.3 is 0 Å². The van der Waals surface area contributed by atoms with E-state index in [0.717, 1.165) is 15.6 Å². The van der Waals surface area contributed by atoms with Gasteiger partial charge in [-0.3, -0.25) is 9.59 Å². The first-order valence-corrected chi connectivity index (χ1v) is 11.3. The van der Waals surface area contributed by atoms with Crippen LogP contribution in [0.3, 0.4) is 0 Å². The minimum Gasteiger partial charge on any atom is -0.507 e. The topological polar surface area (TPSA) is 76.1 Å². The minimum atomic E-state index is -0.691. The number of rotatable bonds is 8. The summed E-state index contributed by atoms with van der Waals surface area (Å²) >= 11 is 3.45. The molecule has 0 saturated carbocycles. The maximum atomic E-state index is 13.0. The van der Waals surface area contributed by atoms with Crippen molar-refractivity contribution in [3.05, 3.63) is 69.2 Å². The predicted molar refractivity (Wildman–Crippen MR) is 127 cm³/mol. The van der Waals surface area contributed by atoms with Gasteiger partial charge in [-0.15, -0.1) is 0 Å². The fourth-order valence-corrected chi connectivity index (χ4v) is 4.03. The molecule has 1 unspecified atom stereocenters. The second kappa shape index (κ2) is 10.3. The van der Waals surface area contributed by atoms with Gasteiger partial charge in [0, 0.05) is 30.3 Å². The van der Waals surface area contributed by atoms with E-state index in [2.05, 4.69) is 15.9 Å². The Bertz CT molecular complexity index is 1030.